The number of carbonyl (C=O) groups excluding carboxylic acids is 2. The van der Waals surface area contributed by atoms with Crippen molar-refractivity contribution in [1.29, 1.82) is 0 Å². The van der Waals surface area contributed by atoms with Gasteiger partial charge in [-0.15, -0.1) is 11.3 Å². The topological polar surface area (TPSA) is 69.4 Å². The van der Waals surface area contributed by atoms with Crippen molar-refractivity contribution < 1.29 is 14.3 Å². The number of carbonyl (C=O) groups is 2. The Morgan fingerprint density at radius 3 is 2.80 bits per heavy atom. The fraction of sp³-hybridized carbons (Fsp3) is 0.333. The number of primary amides is 1. The molecule has 0 fully saturated rings. The fourth-order valence-electron chi connectivity index (χ4n) is 0.916. The number of ether oxygens (including phenoxy) is 1. The first-order chi connectivity index (χ1) is 7.11. The Morgan fingerprint density at radius 1 is 1.53 bits per heavy atom. The normalized spacial score (nSPS) is 9.93. The lowest BCUT2D eigenvalue weighted by Crippen LogP contribution is -2.12. The highest BCUT2D eigenvalue weighted by Crippen LogP contribution is 2.23. The van der Waals surface area contributed by atoms with Crippen LogP contribution in [-0.4, -0.2) is 18.5 Å². The molecule has 0 aliphatic carbocycles. The molecule has 1 aromatic rings. The first-order valence-corrected chi connectivity index (χ1v) is 5.97. The molecule has 0 saturated carbocycles. The molecule has 0 aliphatic rings. The Balaban J connectivity index is 2.31. The maximum absolute atomic E-state index is 11.4. The number of esters is 1. The molecule has 1 heterocycles. The number of halogens is 1. The third-order valence-electron chi connectivity index (χ3n) is 1.60. The smallest absolute Gasteiger partial charge is 0.349 e. The summed E-state index contributed by atoms with van der Waals surface area (Å²) < 4.78 is 5.68. The fourth-order valence-corrected chi connectivity index (χ4v) is 2.34. The van der Waals surface area contributed by atoms with Crippen LogP contribution in [0.2, 0.25) is 0 Å². The van der Waals surface area contributed by atoms with Gasteiger partial charge in [-0.05, 0) is 33.8 Å². The molecule has 2 N–H and O–H groups in total. The van der Waals surface area contributed by atoms with Crippen LogP contribution >= 0.6 is 27.3 Å². The lowest BCUT2D eigenvalue weighted by Gasteiger charge is -2.02. The van der Waals surface area contributed by atoms with Crippen molar-refractivity contribution in [2.75, 3.05) is 6.61 Å². The minimum atomic E-state index is -0.386. The Morgan fingerprint density at radius 2 is 2.27 bits per heavy atom. The summed E-state index contributed by atoms with van der Waals surface area (Å²) in [5.74, 6) is -0.760. The van der Waals surface area contributed by atoms with Gasteiger partial charge in [0.05, 0.1) is 6.61 Å². The summed E-state index contributed by atoms with van der Waals surface area (Å²) in [4.78, 5) is 22.4. The molecule has 4 nitrogen and oxygen atoms in total. The van der Waals surface area contributed by atoms with E-state index in [9.17, 15) is 9.59 Å². The lowest BCUT2D eigenvalue weighted by molar-refractivity contribution is -0.118. The zero-order valence-corrected chi connectivity index (χ0v) is 10.3. The van der Waals surface area contributed by atoms with Crippen molar-refractivity contribution in [2.24, 2.45) is 5.73 Å². The Kier molecular flexibility index (Phi) is 4.77. The van der Waals surface area contributed by atoms with Crippen LogP contribution in [0.3, 0.4) is 0 Å². The lowest BCUT2D eigenvalue weighted by atomic mass is 10.3. The average Bonchev–Trinajstić information content (AvgIpc) is 2.58. The van der Waals surface area contributed by atoms with Crippen molar-refractivity contribution in [3.05, 3.63) is 20.8 Å². The quantitative estimate of drug-likeness (QED) is 0.666. The van der Waals surface area contributed by atoms with Crippen LogP contribution in [0, 0.1) is 0 Å². The predicted octanol–water partition coefficient (Wildman–Crippen LogP) is 1.93. The summed E-state index contributed by atoms with van der Waals surface area (Å²) in [5.41, 5.74) is 4.94. The number of rotatable bonds is 5. The van der Waals surface area contributed by atoms with E-state index in [1.807, 2.05) is 0 Å². The molecule has 0 aliphatic heterocycles. The highest BCUT2D eigenvalue weighted by atomic mass is 79.9. The van der Waals surface area contributed by atoms with E-state index >= 15 is 0 Å². The largest absolute Gasteiger partial charge is 0.461 e. The molecule has 1 aromatic heterocycles. The maximum atomic E-state index is 11.4. The van der Waals surface area contributed by atoms with Gasteiger partial charge < -0.3 is 10.5 Å². The van der Waals surface area contributed by atoms with Crippen molar-refractivity contribution in [1.82, 2.24) is 0 Å². The van der Waals surface area contributed by atoms with Crippen LogP contribution in [0.5, 0.6) is 0 Å². The summed E-state index contributed by atoms with van der Waals surface area (Å²) in [6.07, 6.45) is 0.697. The van der Waals surface area contributed by atoms with E-state index in [2.05, 4.69) is 15.9 Å². The first-order valence-electron chi connectivity index (χ1n) is 4.29. The van der Waals surface area contributed by atoms with Gasteiger partial charge in [-0.2, -0.15) is 0 Å². The molecule has 0 bridgehead atoms. The van der Waals surface area contributed by atoms with Gasteiger partial charge in [0.1, 0.15) is 4.88 Å². The Hall–Kier alpha value is -0.880. The van der Waals surface area contributed by atoms with Crippen LogP contribution in [0.1, 0.15) is 22.5 Å². The number of hydrogen-bond acceptors (Lipinski definition) is 4. The predicted molar refractivity (Wildman–Crippen MR) is 60.7 cm³/mol. The summed E-state index contributed by atoms with van der Waals surface area (Å²) in [7, 11) is 0. The molecule has 0 aromatic carbocycles. The maximum Gasteiger partial charge on any atom is 0.349 e. The molecule has 0 saturated heterocycles. The summed E-state index contributed by atoms with van der Waals surface area (Å²) >= 11 is 4.54. The molecular weight excluding hydrogens is 282 g/mol. The average molecular weight is 292 g/mol. The molecule has 82 valence electrons. The number of thiophene rings is 1. The van der Waals surface area contributed by atoms with Gasteiger partial charge in [-0.25, -0.2) is 4.79 Å². The molecule has 15 heavy (non-hydrogen) atoms. The zero-order valence-electron chi connectivity index (χ0n) is 7.86. The monoisotopic (exact) mass is 291 g/mol. The highest BCUT2D eigenvalue weighted by molar-refractivity contribution is 9.10. The second-order valence-electron chi connectivity index (χ2n) is 2.80. The number of hydrogen-bond donors (Lipinski definition) is 1. The van der Waals surface area contributed by atoms with Crippen LogP contribution in [-0.2, 0) is 9.53 Å². The van der Waals surface area contributed by atoms with Crippen LogP contribution in [0.15, 0.2) is 15.9 Å². The number of amides is 1. The van der Waals surface area contributed by atoms with Gasteiger partial charge in [0.25, 0.3) is 0 Å². The van der Waals surface area contributed by atoms with E-state index in [1.165, 1.54) is 11.3 Å². The number of nitrogens with two attached hydrogens (primary N) is 1. The molecule has 0 spiro atoms. The second-order valence-corrected chi connectivity index (χ2v) is 4.57. The van der Waals surface area contributed by atoms with Crippen LogP contribution in [0.4, 0.5) is 0 Å². The third kappa shape index (κ3) is 4.01. The molecule has 0 atom stereocenters. The molecule has 1 amide bonds. The standard InChI is InChI=1S/C9H10BrNO3S/c10-6-3-5-15-8(6)9(13)14-4-1-2-7(11)12/h3,5H,1-2,4H2,(H2,11,12). The molecule has 0 unspecified atom stereocenters. The minimum Gasteiger partial charge on any atom is -0.461 e. The van der Waals surface area contributed by atoms with Crippen molar-refractivity contribution in [2.45, 2.75) is 12.8 Å². The van der Waals surface area contributed by atoms with Gasteiger partial charge in [-0.1, -0.05) is 0 Å². The Bertz CT molecular complexity index is 364. The second kappa shape index (κ2) is 5.87. The van der Waals surface area contributed by atoms with E-state index in [-0.39, 0.29) is 24.9 Å². The van der Waals surface area contributed by atoms with E-state index in [4.69, 9.17) is 10.5 Å². The van der Waals surface area contributed by atoms with Gasteiger partial charge in [0.2, 0.25) is 5.91 Å². The molecule has 0 radical (unpaired) electrons. The van der Waals surface area contributed by atoms with E-state index in [0.29, 0.717) is 11.3 Å². The van der Waals surface area contributed by atoms with E-state index < -0.39 is 0 Å². The van der Waals surface area contributed by atoms with Crippen LogP contribution in [0.25, 0.3) is 0 Å². The van der Waals surface area contributed by atoms with Gasteiger partial charge in [0, 0.05) is 10.9 Å². The highest BCUT2D eigenvalue weighted by Gasteiger charge is 2.12. The third-order valence-corrected chi connectivity index (χ3v) is 3.42. The van der Waals surface area contributed by atoms with Gasteiger partial charge in [-0.3, -0.25) is 4.79 Å². The Labute approximate surface area is 99.5 Å². The van der Waals surface area contributed by atoms with Crippen molar-refractivity contribution in [3.8, 4) is 0 Å². The molecule has 1 rings (SSSR count). The van der Waals surface area contributed by atoms with Crippen molar-refractivity contribution in [3.63, 3.8) is 0 Å². The molecular formula is C9H10BrNO3S. The van der Waals surface area contributed by atoms with Gasteiger partial charge in [0.15, 0.2) is 0 Å². The zero-order chi connectivity index (χ0) is 11.3. The summed E-state index contributed by atoms with van der Waals surface area (Å²) in [5, 5.41) is 1.80. The minimum absolute atomic E-state index is 0.214. The SMILES string of the molecule is NC(=O)CCCOC(=O)c1sccc1Br. The first kappa shape index (κ1) is 12.2. The van der Waals surface area contributed by atoms with Crippen LogP contribution < -0.4 is 5.73 Å². The van der Waals surface area contributed by atoms with Crippen molar-refractivity contribution >= 4 is 39.1 Å². The van der Waals surface area contributed by atoms with Gasteiger partial charge >= 0.3 is 5.97 Å². The summed E-state index contributed by atoms with van der Waals surface area (Å²) in [6, 6.07) is 1.78. The molecule has 6 heteroatoms. The van der Waals surface area contributed by atoms with E-state index in [1.54, 1.807) is 11.4 Å². The summed E-state index contributed by atoms with van der Waals surface area (Å²) in [6.45, 7) is 0.214. The van der Waals surface area contributed by atoms with E-state index in [0.717, 1.165) is 4.47 Å².